The smallest absolute Gasteiger partial charge is 0.329 e. The average Bonchev–Trinajstić information content (AvgIpc) is 2.97. The highest BCUT2D eigenvalue weighted by Crippen LogP contribution is 2.26. The van der Waals surface area contributed by atoms with E-state index in [-0.39, 0.29) is 24.1 Å². The Balaban J connectivity index is 1.43. The minimum atomic E-state index is -0.157. The number of fused-ring (bicyclic) bond motifs is 2. The molecule has 1 N–H and O–H groups in total. The van der Waals surface area contributed by atoms with E-state index >= 15 is 0 Å². The first-order valence-corrected chi connectivity index (χ1v) is 9.33. The number of hydrogen-bond donors (Lipinski definition) is 1. The van der Waals surface area contributed by atoms with E-state index in [0.29, 0.717) is 19.7 Å². The molecule has 6 nitrogen and oxygen atoms in total. The molecule has 2 heterocycles. The van der Waals surface area contributed by atoms with Crippen LogP contribution in [0.1, 0.15) is 12.5 Å². The number of para-hydroxylation sites is 3. The second-order valence-corrected chi connectivity index (χ2v) is 6.89. The standard InChI is InChI=1S/C21H23N3O3/c1-2-23-17-8-4-5-9-18(17)24(21(23)26)13-20(25)22-12-15-11-16-7-3-6-10-19(16)27-14-15/h3-10,15H,2,11-14H2,1H3,(H,22,25). The zero-order valence-corrected chi connectivity index (χ0v) is 15.4. The van der Waals surface area contributed by atoms with Gasteiger partial charge in [0, 0.05) is 19.0 Å². The quantitative estimate of drug-likeness (QED) is 0.754. The molecule has 1 aromatic heterocycles. The highest BCUT2D eigenvalue weighted by atomic mass is 16.5. The Hall–Kier alpha value is -3.02. The van der Waals surface area contributed by atoms with Crippen molar-refractivity contribution >= 4 is 16.9 Å². The maximum Gasteiger partial charge on any atom is 0.329 e. The van der Waals surface area contributed by atoms with Crippen LogP contribution in [0.4, 0.5) is 0 Å². The Labute approximate surface area is 157 Å². The van der Waals surface area contributed by atoms with Crippen LogP contribution in [0.5, 0.6) is 5.75 Å². The Morgan fingerprint density at radius 2 is 1.81 bits per heavy atom. The number of rotatable bonds is 5. The molecule has 0 radical (unpaired) electrons. The first-order valence-electron chi connectivity index (χ1n) is 9.33. The summed E-state index contributed by atoms with van der Waals surface area (Å²) in [5.74, 6) is 1.01. The van der Waals surface area contributed by atoms with Crippen LogP contribution in [0.15, 0.2) is 53.3 Å². The Kier molecular flexibility index (Phi) is 4.71. The summed E-state index contributed by atoms with van der Waals surface area (Å²) in [6.45, 7) is 3.66. The summed E-state index contributed by atoms with van der Waals surface area (Å²) in [4.78, 5) is 25.1. The van der Waals surface area contributed by atoms with E-state index in [4.69, 9.17) is 4.74 Å². The van der Waals surface area contributed by atoms with Gasteiger partial charge in [0.15, 0.2) is 0 Å². The second-order valence-electron chi connectivity index (χ2n) is 6.89. The number of carbonyl (C=O) groups is 1. The number of nitrogens with zero attached hydrogens (tertiary/aromatic N) is 2. The molecule has 6 heteroatoms. The summed E-state index contributed by atoms with van der Waals surface area (Å²) in [5, 5.41) is 2.96. The van der Waals surface area contributed by atoms with Gasteiger partial charge in [-0.05, 0) is 37.1 Å². The number of carbonyl (C=O) groups excluding carboxylic acids is 1. The SMILES string of the molecule is CCn1c(=O)n(CC(=O)NCC2COc3ccccc3C2)c2ccccc21. The van der Waals surface area contributed by atoms with Crippen molar-refractivity contribution < 1.29 is 9.53 Å². The molecule has 0 saturated heterocycles. The summed E-state index contributed by atoms with van der Waals surface area (Å²) in [5.41, 5.74) is 2.67. The Morgan fingerprint density at radius 1 is 1.11 bits per heavy atom. The van der Waals surface area contributed by atoms with Crippen molar-refractivity contribution in [2.75, 3.05) is 13.2 Å². The Bertz CT molecular complexity index is 1030. The first kappa shape index (κ1) is 17.4. The molecule has 0 fully saturated rings. The molecular weight excluding hydrogens is 342 g/mol. The van der Waals surface area contributed by atoms with Crippen LogP contribution < -0.4 is 15.7 Å². The predicted octanol–water partition coefficient (Wildman–Crippen LogP) is 2.19. The van der Waals surface area contributed by atoms with Crippen LogP contribution >= 0.6 is 0 Å². The second kappa shape index (κ2) is 7.31. The molecule has 140 valence electrons. The van der Waals surface area contributed by atoms with E-state index < -0.39 is 0 Å². The molecule has 3 aromatic rings. The lowest BCUT2D eigenvalue weighted by Gasteiger charge is -2.25. The largest absolute Gasteiger partial charge is 0.493 e. The van der Waals surface area contributed by atoms with Gasteiger partial charge in [0.1, 0.15) is 12.3 Å². The minimum Gasteiger partial charge on any atom is -0.493 e. The number of benzene rings is 2. The molecule has 0 aliphatic carbocycles. The van der Waals surface area contributed by atoms with Crippen molar-refractivity contribution in [3.8, 4) is 5.75 Å². The molecule has 1 atom stereocenters. The lowest BCUT2D eigenvalue weighted by Crippen LogP contribution is -2.38. The van der Waals surface area contributed by atoms with Gasteiger partial charge in [-0.25, -0.2) is 4.79 Å². The van der Waals surface area contributed by atoms with Crippen LogP contribution in [-0.2, 0) is 24.3 Å². The van der Waals surface area contributed by atoms with Gasteiger partial charge in [-0.15, -0.1) is 0 Å². The van der Waals surface area contributed by atoms with E-state index in [9.17, 15) is 9.59 Å². The van der Waals surface area contributed by atoms with Crippen LogP contribution in [0.25, 0.3) is 11.0 Å². The average molecular weight is 365 g/mol. The molecule has 1 aliphatic heterocycles. The molecule has 0 spiro atoms. The molecule has 1 aliphatic rings. The van der Waals surface area contributed by atoms with Crippen molar-refractivity contribution in [1.29, 1.82) is 0 Å². The van der Waals surface area contributed by atoms with E-state index in [2.05, 4.69) is 11.4 Å². The van der Waals surface area contributed by atoms with Gasteiger partial charge < -0.3 is 10.1 Å². The zero-order valence-electron chi connectivity index (χ0n) is 15.4. The van der Waals surface area contributed by atoms with Gasteiger partial charge in [0.25, 0.3) is 0 Å². The fourth-order valence-corrected chi connectivity index (χ4v) is 3.71. The number of amides is 1. The number of nitrogens with one attached hydrogen (secondary N) is 1. The summed E-state index contributed by atoms with van der Waals surface area (Å²) in [6, 6.07) is 15.6. The highest BCUT2D eigenvalue weighted by molar-refractivity contribution is 5.80. The van der Waals surface area contributed by atoms with Crippen molar-refractivity contribution in [3.05, 3.63) is 64.6 Å². The number of aryl methyl sites for hydroxylation is 1. The van der Waals surface area contributed by atoms with Gasteiger partial charge in [0.05, 0.1) is 17.6 Å². The number of imidazole rings is 1. The number of hydrogen-bond acceptors (Lipinski definition) is 3. The number of ether oxygens (including phenoxy) is 1. The maximum atomic E-state index is 12.6. The van der Waals surface area contributed by atoms with Crippen molar-refractivity contribution in [3.63, 3.8) is 0 Å². The first-order chi connectivity index (χ1) is 13.2. The Morgan fingerprint density at radius 3 is 2.59 bits per heavy atom. The molecule has 0 saturated carbocycles. The molecule has 27 heavy (non-hydrogen) atoms. The third-order valence-corrected chi connectivity index (χ3v) is 5.09. The van der Waals surface area contributed by atoms with Crippen LogP contribution in [0, 0.1) is 5.92 Å². The maximum absolute atomic E-state index is 12.6. The lowest BCUT2D eigenvalue weighted by molar-refractivity contribution is -0.121. The molecule has 1 unspecified atom stereocenters. The summed E-state index contributed by atoms with van der Waals surface area (Å²) in [7, 11) is 0. The summed E-state index contributed by atoms with van der Waals surface area (Å²) in [6.07, 6.45) is 0.881. The van der Waals surface area contributed by atoms with Crippen molar-refractivity contribution in [1.82, 2.24) is 14.5 Å². The molecule has 4 rings (SSSR count). The summed E-state index contributed by atoms with van der Waals surface area (Å²) >= 11 is 0. The zero-order chi connectivity index (χ0) is 18.8. The fourth-order valence-electron chi connectivity index (χ4n) is 3.71. The predicted molar refractivity (Wildman–Crippen MR) is 104 cm³/mol. The van der Waals surface area contributed by atoms with Crippen LogP contribution in [0.3, 0.4) is 0 Å². The molecule has 2 aromatic carbocycles. The topological polar surface area (TPSA) is 65.3 Å². The van der Waals surface area contributed by atoms with Gasteiger partial charge in [-0.3, -0.25) is 13.9 Å². The minimum absolute atomic E-state index is 0.0243. The van der Waals surface area contributed by atoms with Gasteiger partial charge in [0.2, 0.25) is 5.91 Å². The van der Waals surface area contributed by atoms with Crippen LogP contribution in [0.2, 0.25) is 0 Å². The number of aromatic nitrogens is 2. The van der Waals surface area contributed by atoms with E-state index in [1.807, 2.05) is 49.4 Å². The van der Waals surface area contributed by atoms with Gasteiger partial charge in [-0.2, -0.15) is 0 Å². The third-order valence-electron chi connectivity index (χ3n) is 5.09. The van der Waals surface area contributed by atoms with Crippen LogP contribution in [-0.4, -0.2) is 28.2 Å². The highest BCUT2D eigenvalue weighted by Gasteiger charge is 2.20. The molecular formula is C21H23N3O3. The van der Waals surface area contributed by atoms with Crippen molar-refractivity contribution in [2.24, 2.45) is 5.92 Å². The molecule has 1 amide bonds. The van der Waals surface area contributed by atoms with E-state index in [1.54, 1.807) is 9.13 Å². The van der Waals surface area contributed by atoms with E-state index in [0.717, 1.165) is 23.2 Å². The lowest BCUT2D eigenvalue weighted by atomic mass is 9.97. The van der Waals surface area contributed by atoms with E-state index in [1.165, 1.54) is 5.56 Å². The van der Waals surface area contributed by atoms with Crippen molar-refractivity contribution in [2.45, 2.75) is 26.4 Å². The monoisotopic (exact) mass is 365 g/mol. The van der Waals surface area contributed by atoms with Gasteiger partial charge in [-0.1, -0.05) is 30.3 Å². The molecule has 0 bridgehead atoms. The fraction of sp³-hybridized carbons (Fsp3) is 0.333. The third kappa shape index (κ3) is 3.35. The van der Waals surface area contributed by atoms with Gasteiger partial charge >= 0.3 is 5.69 Å². The summed E-state index contributed by atoms with van der Waals surface area (Å²) < 4.78 is 9.00. The normalized spacial score (nSPS) is 16.0.